The Balaban J connectivity index is 1.85. The monoisotopic (exact) mass is 279 g/mol. The Morgan fingerprint density at radius 2 is 2.05 bits per heavy atom. The Morgan fingerprint density at radius 1 is 1.35 bits per heavy atom. The van der Waals surface area contributed by atoms with Crippen molar-refractivity contribution in [1.29, 1.82) is 0 Å². The first-order valence-electron chi connectivity index (χ1n) is 7.30. The lowest BCUT2D eigenvalue weighted by molar-refractivity contribution is 0.0870. The lowest BCUT2D eigenvalue weighted by Gasteiger charge is -2.37. The molecule has 1 aromatic heterocycles. The number of piperazine rings is 1. The Morgan fingerprint density at radius 3 is 2.60 bits per heavy atom. The summed E-state index contributed by atoms with van der Waals surface area (Å²) in [6.45, 7) is 7.22. The van der Waals surface area contributed by atoms with E-state index in [4.69, 9.17) is 0 Å². The van der Waals surface area contributed by atoms with E-state index >= 15 is 0 Å². The zero-order valence-electron chi connectivity index (χ0n) is 12.7. The summed E-state index contributed by atoms with van der Waals surface area (Å²) in [6, 6.07) is 0.410. The van der Waals surface area contributed by atoms with Crippen LogP contribution in [0.2, 0.25) is 0 Å². The molecule has 1 aliphatic rings. The van der Waals surface area contributed by atoms with Gasteiger partial charge in [0.15, 0.2) is 5.82 Å². The third-order valence-electron chi connectivity index (χ3n) is 4.05. The SMILES string of the molecule is CC[C@@H](CNC(=O)c1nccn1C)N1CCN(C)CC1. The van der Waals surface area contributed by atoms with Gasteiger partial charge in [0.2, 0.25) is 0 Å². The molecular formula is C14H25N5O. The van der Waals surface area contributed by atoms with Crippen molar-refractivity contribution in [2.24, 2.45) is 7.05 Å². The lowest BCUT2D eigenvalue weighted by atomic mass is 10.1. The van der Waals surface area contributed by atoms with Crippen molar-refractivity contribution in [3.8, 4) is 0 Å². The summed E-state index contributed by atoms with van der Waals surface area (Å²) < 4.78 is 1.74. The van der Waals surface area contributed by atoms with Crippen LogP contribution in [0.4, 0.5) is 0 Å². The van der Waals surface area contributed by atoms with Crippen molar-refractivity contribution in [2.75, 3.05) is 39.8 Å². The molecule has 0 unspecified atom stereocenters. The van der Waals surface area contributed by atoms with Gasteiger partial charge >= 0.3 is 0 Å². The lowest BCUT2D eigenvalue weighted by Crippen LogP contribution is -2.52. The second kappa shape index (κ2) is 6.85. The molecule has 2 heterocycles. The van der Waals surface area contributed by atoms with Crippen molar-refractivity contribution in [3.05, 3.63) is 18.2 Å². The molecule has 6 heteroatoms. The van der Waals surface area contributed by atoms with Crippen LogP contribution in [0.1, 0.15) is 24.0 Å². The van der Waals surface area contributed by atoms with Gasteiger partial charge in [-0.05, 0) is 13.5 Å². The van der Waals surface area contributed by atoms with E-state index in [1.54, 1.807) is 17.0 Å². The minimum Gasteiger partial charge on any atom is -0.348 e. The molecule has 1 atom stereocenters. The second-order valence-electron chi connectivity index (χ2n) is 5.47. The van der Waals surface area contributed by atoms with Gasteiger partial charge in [0.1, 0.15) is 0 Å². The van der Waals surface area contributed by atoms with Crippen LogP contribution < -0.4 is 5.32 Å². The summed E-state index contributed by atoms with van der Waals surface area (Å²) in [5.74, 6) is 0.378. The number of nitrogens with zero attached hydrogens (tertiary/aromatic N) is 4. The topological polar surface area (TPSA) is 53.4 Å². The minimum absolute atomic E-state index is 0.0925. The van der Waals surface area contributed by atoms with E-state index in [0.29, 0.717) is 18.4 Å². The van der Waals surface area contributed by atoms with E-state index in [1.165, 1.54) is 0 Å². The number of aromatic nitrogens is 2. The van der Waals surface area contributed by atoms with Crippen molar-refractivity contribution in [3.63, 3.8) is 0 Å². The van der Waals surface area contributed by atoms with Crippen LogP contribution in [0, 0.1) is 0 Å². The Labute approximate surface area is 120 Å². The standard InChI is InChI=1S/C14H25N5O/c1-4-12(19-9-7-17(2)8-10-19)11-16-14(20)13-15-5-6-18(13)3/h5-6,12H,4,7-11H2,1-3H3,(H,16,20)/t12-/m0/s1. The predicted molar refractivity (Wildman–Crippen MR) is 78.7 cm³/mol. The maximum absolute atomic E-state index is 12.1. The number of hydrogen-bond acceptors (Lipinski definition) is 4. The molecule has 1 aromatic rings. The smallest absolute Gasteiger partial charge is 0.287 e. The van der Waals surface area contributed by atoms with Crippen LogP contribution in [0.5, 0.6) is 0 Å². The molecule has 112 valence electrons. The summed E-state index contributed by atoms with van der Waals surface area (Å²) in [7, 11) is 3.99. The highest BCUT2D eigenvalue weighted by molar-refractivity contribution is 5.90. The summed E-state index contributed by atoms with van der Waals surface area (Å²) in [6.07, 6.45) is 4.48. The molecule has 0 aliphatic carbocycles. The highest BCUT2D eigenvalue weighted by atomic mass is 16.2. The Hall–Kier alpha value is -1.40. The van der Waals surface area contributed by atoms with E-state index in [-0.39, 0.29) is 5.91 Å². The quantitative estimate of drug-likeness (QED) is 0.835. The van der Waals surface area contributed by atoms with Crippen LogP contribution in [0.3, 0.4) is 0 Å². The fourth-order valence-corrected chi connectivity index (χ4v) is 2.59. The Kier molecular flexibility index (Phi) is 5.14. The molecule has 0 bridgehead atoms. The van der Waals surface area contributed by atoms with E-state index in [1.807, 2.05) is 7.05 Å². The summed E-state index contributed by atoms with van der Waals surface area (Å²) in [5, 5.41) is 3.01. The van der Waals surface area contributed by atoms with Gasteiger partial charge in [0, 0.05) is 58.2 Å². The molecule has 1 N–H and O–H groups in total. The second-order valence-corrected chi connectivity index (χ2v) is 5.47. The molecule has 1 fully saturated rings. The van der Waals surface area contributed by atoms with Gasteiger partial charge in [-0.15, -0.1) is 0 Å². The average Bonchev–Trinajstić information content (AvgIpc) is 2.87. The third-order valence-corrected chi connectivity index (χ3v) is 4.05. The number of hydrogen-bond donors (Lipinski definition) is 1. The van der Waals surface area contributed by atoms with Gasteiger partial charge < -0.3 is 14.8 Å². The molecular weight excluding hydrogens is 254 g/mol. The number of imidazole rings is 1. The number of carbonyl (C=O) groups excluding carboxylic acids is 1. The van der Waals surface area contributed by atoms with Gasteiger partial charge in [0.25, 0.3) is 5.91 Å². The maximum atomic E-state index is 12.1. The molecule has 0 spiro atoms. The zero-order valence-corrected chi connectivity index (χ0v) is 12.7. The largest absolute Gasteiger partial charge is 0.348 e. The number of nitrogens with one attached hydrogen (secondary N) is 1. The van der Waals surface area contributed by atoms with Gasteiger partial charge in [-0.1, -0.05) is 6.92 Å². The van der Waals surface area contributed by atoms with Crippen molar-refractivity contribution in [1.82, 2.24) is 24.7 Å². The van der Waals surface area contributed by atoms with E-state index in [0.717, 1.165) is 32.6 Å². The van der Waals surface area contributed by atoms with Gasteiger partial charge in [-0.2, -0.15) is 0 Å². The molecule has 1 saturated heterocycles. The van der Waals surface area contributed by atoms with Crippen molar-refractivity contribution in [2.45, 2.75) is 19.4 Å². The molecule has 2 rings (SSSR count). The number of amides is 1. The van der Waals surface area contributed by atoms with E-state index in [9.17, 15) is 4.79 Å². The number of likely N-dealkylation sites (N-methyl/N-ethyl adjacent to an activating group) is 1. The number of rotatable bonds is 5. The van der Waals surface area contributed by atoms with Crippen LogP contribution >= 0.6 is 0 Å². The number of aryl methyl sites for hydroxylation is 1. The molecule has 0 radical (unpaired) electrons. The molecule has 0 saturated carbocycles. The number of carbonyl (C=O) groups is 1. The summed E-state index contributed by atoms with van der Waals surface area (Å²) in [5.41, 5.74) is 0. The van der Waals surface area contributed by atoms with E-state index in [2.05, 4.69) is 34.1 Å². The predicted octanol–water partition coefficient (Wildman–Crippen LogP) is 0.176. The highest BCUT2D eigenvalue weighted by Crippen LogP contribution is 2.08. The molecule has 6 nitrogen and oxygen atoms in total. The summed E-state index contributed by atoms with van der Waals surface area (Å²) in [4.78, 5) is 20.9. The molecule has 1 amide bonds. The fourth-order valence-electron chi connectivity index (χ4n) is 2.59. The van der Waals surface area contributed by atoms with E-state index < -0.39 is 0 Å². The van der Waals surface area contributed by atoms with Crippen LogP contribution in [-0.2, 0) is 7.05 Å². The molecule has 1 aliphatic heterocycles. The van der Waals surface area contributed by atoms with Crippen molar-refractivity contribution >= 4 is 5.91 Å². The highest BCUT2D eigenvalue weighted by Gasteiger charge is 2.22. The Bertz CT molecular complexity index is 437. The first kappa shape index (κ1) is 15.0. The first-order valence-corrected chi connectivity index (χ1v) is 7.30. The third kappa shape index (κ3) is 3.58. The van der Waals surface area contributed by atoms with Crippen LogP contribution in [-0.4, -0.2) is 71.1 Å². The first-order chi connectivity index (χ1) is 9.61. The molecule has 20 heavy (non-hydrogen) atoms. The van der Waals surface area contributed by atoms with Crippen molar-refractivity contribution < 1.29 is 4.79 Å². The summed E-state index contributed by atoms with van der Waals surface area (Å²) >= 11 is 0. The zero-order chi connectivity index (χ0) is 14.5. The average molecular weight is 279 g/mol. The van der Waals surface area contributed by atoms with Gasteiger partial charge in [0.05, 0.1) is 0 Å². The van der Waals surface area contributed by atoms with Gasteiger partial charge in [-0.3, -0.25) is 9.69 Å². The van der Waals surface area contributed by atoms with Crippen LogP contribution in [0.15, 0.2) is 12.4 Å². The molecule has 0 aromatic carbocycles. The fraction of sp³-hybridized carbons (Fsp3) is 0.714. The maximum Gasteiger partial charge on any atom is 0.287 e. The van der Waals surface area contributed by atoms with Gasteiger partial charge in [-0.25, -0.2) is 4.98 Å². The normalized spacial score (nSPS) is 18.9. The van der Waals surface area contributed by atoms with Crippen LogP contribution in [0.25, 0.3) is 0 Å². The minimum atomic E-state index is -0.0925.